The summed E-state index contributed by atoms with van der Waals surface area (Å²) in [5, 5.41) is 0. The number of hydrogen-bond acceptors (Lipinski definition) is 4. The van der Waals surface area contributed by atoms with Crippen LogP contribution in [0.3, 0.4) is 0 Å². The van der Waals surface area contributed by atoms with Gasteiger partial charge in [-0.05, 0) is 6.08 Å². The molecule has 0 amide bonds. The van der Waals surface area contributed by atoms with Crippen LogP contribution in [-0.2, 0) is 14.9 Å². The van der Waals surface area contributed by atoms with E-state index in [0.717, 1.165) is 8.28 Å². The predicted molar refractivity (Wildman–Crippen MR) is 70.3 cm³/mol. The normalized spacial score (nSPS) is 12.4. The van der Waals surface area contributed by atoms with Crippen molar-refractivity contribution in [2.75, 3.05) is 27.3 Å². The summed E-state index contributed by atoms with van der Waals surface area (Å²) in [5.74, 6) is 0. The number of rotatable bonds is 7. The van der Waals surface area contributed by atoms with Gasteiger partial charge in [-0.3, -0.25) is 0 Å². The molecule has 0 saturated heterocycles. The molecule has 1 heterocycles. The number of ether oxygens (including phenoxy) is 1. The first-order chi connectivity index (χ1) is 8.48. The van der Waals surface area contributed by atoms with Crippen molar-refractivity contribution >= 4 is 16.3 Å². The van der Waals surface area contributed by atoms with Crippen LogP contribution in [0.5, 0.6) is 0 Å². The SMILES string of the molecule is C=CCOC/C=C/c1cn(S(=O)(=O)N(C)C)cn1. The van der Waals surface area contributed by atoms with Crippen LogP contribution in [0, 0.1) is 0 Å². The van der Waals surface area contributed by atoms with Gasteiger partial charge in [0.1, 0.15) is 6.33 Å². The molecule has 18 heavy (non-hydrogen) atoms. The largest absolute Gasteiger partial charge is 0.373 e. The third-order valence-corrected chi connectivity index (χ3v) is 3.70. The van der Waals surface area contributed by atoms with Crippen molar-refractivity contribution in [2.45, 2.75) is 0 Å². The number of hydrogen-bond donors (Lipinski definition) is 0. The van der Waals surface area contributed by atoms with E-state index in [9.17, 15) is 8.42 Å². The topological polar surface area (TPSA) is 64.4 Å². The Bertz CT molecular complexity index is 517. The second kappa shape index (κ2) is 6.48. The van der Waals surface area contributed by atoms with Gasteiger partial charge in [0, 0.05) is 20.3 Å². The van der Waals surface area contributed by atoms with Gasteiger partial charge >= 0.3 is 10.2 Å². The highest BCUT2D eigenvalue weighted by Gasteiger charge is 2.15. The Morgan fingerprint density at radius 2 is 2.22 bits per heavy atom. The molecule has 0 bridgehead atoms. The van der Waals surface area contributed by atoms with E-state index >= 15 is 0 Å². The molecular formula is C11H17N3O3S. The first-order valence-corrected chi connectivity index (χ1v) is 6.70. The van der Waals surface area contributed by atoms with Gasteiger partial charge in [-0.15, -0.1) is 6.58 Å². The van der Waals surface area contributed by atoms with Crippen LogP contribution < -0.4 is 0 Å². The van der Waals surface area contributed by atoms with Crippen LogP contribution in [0.1, 0.15) is 5.69 Å². The molecule has 0 N–H and O–H groups in total. The Morgan fingerprint density at radius 1 is 1.50 bits per heavy atom. The molecule has 0 radical (unpaired) electrons. The van der Waals surface area contributed by atoms with Gasteiger partial charge in [0.05, 0.1) is 18.9 Å². The minimum absolute atomic E-state index is 0.430. The maximum Gasteiger partial charge on any atom is 0.308 e. The van der Waals surface area contributed by atoms with Gasteiger partial charge in [0.25, 0.3) is 0 Å². The fourth-order valence-electron chi connectivity index (χ4n) is 1.11. The summed E-state index contributed by atoms with van der Waals surface area (Å²) in [6.45, 7) is 4.44. The first-order valence-electron chi connectivity index (χ1n) is 5.30. The minimum atomic E-state index is -3.49. The van der Waals surface area contributed by atoms with Crippen LogP contribution in [0.15, 0.2) is 31.3 Å². The van der Waals surface area contributed by atoms with Gasteiger partial charge in [0.2, 0.25) is 0 Å². The summed E-state index contributed by atoms with van der Waals surface area (Å²) >= 11 is 0. The van der Waals surface area contributed by atoms with E-state index in [1.807, 2.05) is 0 Å². The third-order valence-electron chi connectivity index (χ3n) is 2.05. The third kappa shape index (κ3) is 3.80. The van der Waals surface area contributed by atoms with Crippen LogP contribution in [0.4, 0.5) is 0 Å². The quantitative estimate of drug-likeness (QED) is 0.542. The molecule has 6 nitrogen and oxygen atoms in total. The standard InChI is InChI=1S/C11H17N3O3S/c1-4-7-17-8-5-6-11-9-14(10-12-11)18(15,16)13(2)3/h4-6,9-10H,1,7-8H2,2-3H3/b6-5+. The molecule has 0 fully saturated rings. The molecular weight excluding hydrogens is 254 g/mol. The van der Waals surface area contributed by atoms with Crippen molar-refractivity contribution in [3.63, 3.8) is 0 Å². The molecule has 0 unspecified atom stereocenters. The smallest absolute Gasteiger partial charge is 0.308 e. The molecule has 0 aromatic carbocycles. The Morgan fingerprint density at radius 3 is 2.83 bits per heavy atom. The van der Waals surface area contributed by atoms with Crippen LogP contribution >= 0.6 is 0 Å². The van der Waals surface area contributed by atoms with Crippen molar-refractivity contribution in [1.82, 2.24) is 13.3 Å². The van der Waals surface area contributed by atoms with Gasteiger partial charge in [-0.1, -0.05) is 12.2 Å². The maximum atomic E-state index is 11.7. The average Bonchev–Trinajstić information content (AvgIpc) is 2.78. The van der Waals surface area contributed by atoms with E-state index in [1.165, 1.54) is 26.6 Å². The highest BCUT2D eigenvalue weighted by atomic mass is 32.2. The van der Waals surface area contributed by atoms with Crippen LogP contribution in [0.25, 0.3) is 6.08 Å². The average molecular weight is 271 g/mol. The Hall–Kier alpha value is -1.44. The maximum absolute atomic E-state index is 11.7. The summed E-state index contributed by atoms with van der Waals surface area (Å²) in [6, 6.07) is 0. The van der Waals surface area contributed by atoms with E-state index in [1.54, 1.807) is 18.2 Å². The lowest BCUT2D eigenvalue weighted by Crippen LogP contribution is -2.27. The van der Waals surface area contributed by atoms with E-state index in [0.29, 0.717) is 18.9 Å². The van der Waals surface area contributed by atoms with E-state index in [4.69, 9.17) is 4.74 Å². The molecule has 1 rings (SSSR count). The Balaban J connectivity index is 2.67. The van der Waals surface area contributed by atoms with Crippen molar-refractivity contribution in [3.8, 4) is 0 Å². The lowest BCUT2D eigenvalue weighted by atomic mass is 10.4. The Kier molecular flexibility index (Phi) is 5.26. The summed E-state index contributed by atoms with van der Waals surface area (Å²) < 4.78 is 30.8. The second-order valence-corrected chi connectivity index (χ2v) is 5.69. The molecule has 0 spiro atoms. The number of imidazole rings is 1. The lowest BCUT2D eigenvalue weighted by Gasteiger charge is -2.10. The lowest BCUT2D eigenvalue weighted by molar-refractivity contribution is 0.194. The van der Waals surface area contributed by atoms with Gasteiger partial charge < -0.3 is 4.74 Å². The summed E-state index contributed by atoms with van der Waals surface area (Å²) in [7, 11) is -0.554. The molecule has 0 aliphatic rings. The zero-order chi connectivity index (χ0) is 13.6. The van der Waals surface area contributed by atoms with E-state index in [-0.39, 0.29) is 0 Å². The fourth-order valence-corrected chi connectivity index (χ4v) is 1.89. The van der Waals surface area contributed by atoms with Gasteiger partial charge in [-0.25, -0.2) is 8.96 Å². The van der Waals surface area contributed by atoms with Crippen LogP contribution in [0.2, 0.25) is 0 Å². The fraction of sp³-hybridized carbons (Fsp3) is 0.364. The second-order valence-electron chi connectivity index (χ2n) is 3.65. The molecule has 1 aromatic rings. The first kappa shape index (κ1) is 14.6. The van der Waals surface area contributed by atoms with Gasteiger partial charge in [-0.2, -0.15) is 12.7 Å². The predicted octanol–water partition coefficient (Wildman–Crippen LogP) is 0.753. The summed E-state index contributed by atoms with van der Waals surface area (Å²) in [5.41, 5.74) is 0.558. The molecule has 0 atom stereocenters. The molecule has 100 valence electrons. The van der Waals surface area contributed by atoms with E-state index in [2.05, 4.69) is 11.6 Å². The van der Waals surface area contributed by atoms with Gasteiger partial charge in [0.15, 0.2) is 0 Å². The van der Waals surface area contributed by atoms with Crippen LogP contribution in [-0.4, -0.2) is 49.0 Å². The van der Waals surface area contributed by atoms with E-state index < -0.39 is 10.2 Å². The van der Waals surface area contributed by atoms with Crippen molar-refractivity contribution in [2.24, 2.45) is 0 Å². The monoisotopic (exact) mass is 271 g/mol. The highest BCUT2D eigenvalue weighted by Crippen LogP contribution is 2.05. The summed E-state index contributed by atoms with van der Waals surface area (Å²) in [4.78, 5) is 3.98. The molecule has 0 aliphatic heterocycles. The molecule has 0 aliphatic carbocycles. The molecule has 0 saturated carbocycles. The zero-order valence-electron chi connectivity index (χ0n) is 10.5. The zero-order valence-corrected chi connectivity index (χ0v) is 11.3. The highest BCUT2D eigenvalue weighted by molar-refractivity contribution is 7.87. The minimum Gasteiger partial charge on any atom is -0.373 e. The molecule has 1 aromatic heterocycles. The van der Waals surface area contributed by atoms with Crippen molar-refractivity contribution < 1.29 is 13.2 Å². The van der Waals surface area contributed by atoms with Crippen molar-refractivity contribution in [1.29, 1.82) is 0 Å². The number of nitrogens with zero attached hydrogens (tertiary/aromatic N) is 3. The molecule has 7 heteroatoms. The number of aromatic nitrogens is 2. The Labute approximate surface area is 107 Å². The van der Waals surface area contributed by atoms with Crippen molar-refractivity contribution in [3.05, 3.63) is 36.9 Å². The summed E-state index contributed by atoms with van der Waals surface area (Å²) in [6.07, 6.45) is 7.83.